The molecule has 1 aliphatic heterocycles. The van der Waals surface area contributed by atoms with E-state index in [1.54, 1.807) is 0 Å². The smallest absolute Gasteiger partial charge is 0.224 e. The summed E-state index contributed by atoms with van der Waals surface area (Å²) in [7, 11) is -0.292. The summed E-state index contributed by atoms with van der Waals surface area (Å²) in [6.07, 6.45) is 0.283. The summed E-state index contributed by atoms with van der Waals surface area (Å²) in [5.41, 5.74) is 2.05. The summed E-state index contributed by atoms with van der Waals surface area (Å²) in [5, 5.41) is 2.91. The first kappa shape index (κ1) is 17.9. The average molecular weight is 340 g/mol. The van der Waals surface area contributed by atoms with E-state index >= 15 is 0 Å². The predicted octanol–water partition coefficient (Wildman–Crippen LogP) is 0.560. The number of ether oxygens (including phenoxy) is 1. The van der Waals surface area contributed by atoms with E-state index in [2.05, 4.69) is 5.32 Å². The molecule has 1 fully saturated rings. The van der Waals surface area contributed by atoms with Crippen LogP contribution in [0.3, 0.4) is 0 Å². The van der Waals surface area contributed by atoms with Crippen LogP contribution >= 0.6 is 0 Å². The van der Waals surface area contributed by atoms with Crippen molar-refractivity contribution in [1.29, 1.82) is 0 Å². The van der Waals surface area contributed by atoms with Gasteiger partial charge in [-0.25, -0.2) is 12.7 Å². The average Bonchev–Trinajstić information content (AvgIpc) is 2.84. The molecule has 1 N–H and O–H groups in total. The van der Waals surface area contributed by atoms with Crippen molar-refractivity contribution in [2.45, 2.75) is 19.4 Å². The zero-order valence-electron chi connectivity index (χ0n) is 13.8. The standard InChI is InChI=1S/C16H24N2O4S/c1-12-5-4-6-13(7-12)8-16(19)17-15-10-22-9-14(15)11-23(20,21)18(2)3/h4-7,14-15H,8-11H2,1-3H3,(H,17,19). The Hall–Kier alpha value is -1.44. The molecule has 0 radical (unpaired) electrons. The largest absolute Gasteiger partial charge is 0.379 e. The fraction of sp³-hybridized carbons (Fsp3) is 0.562. The summed E-state index contributed by atoms with van der Waals surface area (Å²) >= 11 is 0. The molecule has 2 unspecified atom stereocenters. The van der Waals surface area contributed by atoms with Crippen LogP contribution in [0.5, 0.6) is 0 Å². The molecule has 0 aromatic heterocycles. The molecule has 6 nitrogen and oxygen atoms in total. The van der Waals surface area contributed by atoms with Crippen LogP contribution in [0.15, 0.2) is 24.3 Å². The Labute approximate surface area is 137 Å². The molecule has 1 saturated heterocycles. The highest BCUT2D eigenvalue weighted by Gasteiger charge is 2.34. The van der Waals surface area contributed by atoms with E-state index in [4.69, 9.17) is 4.74 Å². The third kappa shape index (κ3) is 5.02. The van der Waals surface area contributed by atoms with Crippen molar-refractivity contribution in [2.24, 2.45) is 5.92 Å². The van der Waals surface area contributed by atoms with Crippen molar-refractivity contribution < 1.29 is 17.9 Å². The number of sulfonamides is 1. The number of carbonyl (C=O) groups is 1. The first-order valence-corrected chi connectivity index (χ1v) is 9.21. The van der Waals surface area contributed by atoms with Gasteiger partial charge in [0.1, 0.15) is 0 Å². The second-order valence-electron chi connectivity index (χ2n) is 6.20. The lowest BCUT2D eigenvalue weighted by Gasteiger charge is -2.21. The zero-order valence-corrected chi connectivity index (χ0v) is 14.6. The maximum atomic E-state index is 12.2. The number of carbonyl (C=O) groups excluding carboxylic acids is 1. The van der Waals surface area contributed by atoms with Gasteiger partial charge >= 0.3 is 0 Å². The molecule has 23 heavy (non-hydrogen) atoms. The summed E-state index contributed by atoms with van der Waals surface area (Å²) < 4.78 is 30.6. The SMILES string of the molecule is Cc1cccc(CC(=O)NC2COCC2CS(=O)(=O)N(C)C)c1. The summed E-state index contributed by atoms with van der Waals surface area (Å²) in [4.78, 5) is 12.2. The highest BCUT2D eigenvalue weighted by atomic mass is 32.2. The van der Waals surface area contributed by atoms with Gasteiger partial charge in [0.2, 0.25) is 15.9 Å². The Morgan fingerprint density at radius 2 is 2.09 bits per heavy atom. The van der Waals surface area contributed by atoms with Crippen molar-refractivity contribution in [3.63, 3.8) is 0 Å². The number of benzene rings is 1. The molecule has 0 spiro atoms. The van der Waals surface area contributed by atoms with Crippen LogP contribution in [0.1, 0.15) is 11.1 Å². The van der Waals surface area contributed by atoms with Crippen LogP contribution in [-0.2, 0) is 26.0 Å². The highest BCUT2D eigenvalue weighted by Crippen LogP contribution is 2.17. The molecule has 128 valence electrons. The predicted molar refractivity (Wildman–Crippen MR) is 88.6 cm³/mol. The monoisotopic (exact) mass is 340 g/mol. The molecule has 1 heterocycles. The van der Waals surface area contributed by atoms with E-state index in [0.717, 1.165) is 11.1 Å². The van der Waals surface area contributed by atoms with Crippen molar-refractivity contribution in [3.8, 4) is 0 Å². The fourth-order valence-corrected chi connectivity index (χ4v) is 3.78. The number of amides is 1. The van der Waals surface area contributed by atoms with E-state index in [1.165, 1.54) is 18.4 Å². The molecule has 2 rings (SSSR count). The molecule has 0 aliphatic carbocycles. The quantitative estimate of drug-likeness (QED) is 0.821. The van der Waals surface area contributed by atoms with Crippen LogP contribution in [0.2, 0.25) is 0 Å². The minimum atomic E-state index is -3.31. The van der Waals surface area contributed by atoms with Gasteiger partial charge < -0.3 is 10.1 Å². The molecular weight excluding hydrogens is 316 g/mol. The van der Waals surface area contributed by atoms with Crippen LogP contribution in [0.4, 0.5) is 0 Å². The Bertz CT molecular complexity index is 658. The van der Waals surface area contributed by atoms with E-state index in [9.17, 15) is 13.2 Å². The number of hydrogen-bond acceptors (Lipinski definition) is 4. The summed E-state index contributed by atoms with van der Waals surface area (Å²) in [5.74, 6) is -0.350. The topological polar surface area (TPSA) is 75.7 Å². The molecule has 2 atom stereocenters. The zero-order chi connectivity index (χ0) is 17.0. The van der Waals surface area contributed by atoms with Crippen molar-refractivity contribution in [3.05, 3.63) is 35.4 Å². The lowest BCUT2D eigenvalue weighted by atomic mass is 10.0. The second kappa shape index (κ2) is 7.42. The molecule has 0 bridgehead atoms. The Morgan fingerprint density at radius 3 is 2.74 bits per heavy atom. The van der Waals surface area contributed by atoms with Crippen LogP contribution in [0, 0.1) is 12.8 Å². The molecule has 1 amide bonds. The van der Waals surface area contributed by atoms with Crippen molar-refractivity contribution in [2.75, 3.05) is 33.1 Å². The van der Waals surface area contributed by atoms with E-state index in [0.29, 0.717) is 13.2 Å². The fourth-order valence-electron chi connectivity index (χ4n) is 2.61. The first-order chi connectivity index (χ1) is 10.8. The van der Waals surface area contributed by atoms with Crippen molar-refractivity contribution >= 4 is 15.9 Å². The molecule has 1 aromatic carbocycles. The van der Waals surface area contributed by atoms with Gasteiger partial charge in [0.05, 0.1) is 31.4 Å². The number of rotatable bonds is 6. The summed E-state index contributed by atoms with van der Waals surface area (Å²) in [6.45, 7) is 2.68. The van der Waals surface area contributed by atoms with Gasteiger partial charge in [-0.05, 0) is 12.5 Å². The maximum Gasteiger partial charge on any atom is 0.224 e. The minimum Gasteiger partial charge on any atom is -0.379 e. The number of nitrogens with one attached hydrogen (secondary N) is 1. The summed E-state index contributed by atoms with van der Waals surface area (Å²) in [6, 6.07) is 7.52. The van der Waals surface area contributed by atoms with Gasteiger partial charge in [-0.2, -0.15) is 0 Å². The molecule has 7 heteroatoms. The van der Waals surface area contributed by atoms with Gasteiger partial charge in [-0.15, -0.1) is 0 Å². The molecule has 0 saturated carbocycles. The van der Waals surface area contributed by atoms with Gasteiger partial charge in [-0.3, -0.25) is 4.79 Å². The lowest BCUT2D eigenvalue weighted by Crippen LogP contribution is -2.44. The Balaban J connectivity index is 1.94. The third-order valence-corrected chi connectivity index (χ3v) is 5.94. The highest BCUT2D eigenvalue weighted by molar-refractivity contribution is 7.89. The number of aryl methyl sites for hydroxylation is 1. The van der Waals surface area contributed by atoms with Gasteiger partial charge in [0.25, 0.3) is 0 Å². The van der Waals surface area contributed by atoms with E-state index in [-0.39, 0.29) is 30.0 Å². The number of nitrogens with zero attached hydrogens (tertiary/aromatic N) is 1. The van der Waals surface area contributed by atoms with Crippen LogP contribution in [-0.4, -0.2) is 57.7 Å². The third-order valence-electron chi connectivity index (χ3n) is 3.97. The van der Waals surface area contributed by atoms with Crippen LogP contribution in [0.25, 0.3) is 0 Å². The molecular formula is C16H24N2O4S. The van der Waals surface area contributed by atoms with Gasteiger partial charge in [0.15, 0.2) is 0 Å². The Kier molecular flexibility index (Phi) is 5.78. The minimum absolute atomic E-state index is 0.0185. The van der Waals surface area contributed by atoms with Gasteiger partial charge in [0, 0.05) is 20.0 Å². The Morgan fingerprint density at radius 1 is 1.35 bits per heavy atom. The first-order valence-electron chi connectivity index (χ1n) is 7.61. The van der Waals surface area contributed by atoms with Crippen LogP contribution < -0.4 is 5.32 Å². The lowest BCUT2D eigenvalue weighted by molar-refractivity contribution is -0.121. The molecule has 1 aromatic rings. The van der Waals surface area contributed by atoms with E-state index < -0.39 is 10.0 Å². The molecule has 1 aliphatic rings. The normalized spacial score (nSPS) is 21.6. The van der Waals surface area contributed by atoms with E-state index in [1.807, 2.05) is 31.2 Å². The van der Waals surface area contributed by atoms with Crippen molar-refractivity contribution in [1.82, 2.24) is 9.62 Å². The number of hydrogen-bond donors (Lipinski definition) is 1. The maximum absolute atomic E-state index is 12.2. The second-order valence-corrected chi connectivity index (χ2v) is 8.43. The van der Waals surface area contributed by atoms with Gasteiger partial charge in [-0.1, -0.05) is 29.8 Å².